The second kappa shape index (κ2) is 7.68. The Labute approximate surface area is 147 Å². The van der Waals surface area contributed by atoms with Crippen LogP contribution in [0.5, 0.6) is 0 Å². The molecule has 1 unspecified atom stereocenters. The smallest absolute Gasteiger partial charge is 0.326 e. The number of piperidine rings is 1. The summed E-state index contributed by atoms with van der Waals surface area (Å²) < 4.78 is 7.07. The Morgan fingerprint density at radius 3 is 2.88 bits per heavy atom. The molecule has 6 nitrogen and oxygen atoms in total. The average molecular weight is 343 g/mol. The number of aryl methyl sites for hydroxylation is 1. The fourth-order valence-electron chi connectivity index (χ4n) is 3.55. The number of amides is 1. The number of imidazole rings is 1. The Hall–Kier alpha value is -2.37. The van der Waals surface area contributed by atoms with Crippen LogP contribution < -0.4 is 0 Å². The first-order valence-electron chi connectivity index (χ1n) is 8.97. The number of benzene rings is 1. The maximum absolute atomic E-state index is 12.4. The van der Waals surface area contributed by atoms with Crippen LogP contribution in [0, 0.1) is 6.92 Å². The van der Waals surface area contributed by atoms with Crippen molar-refractivity contribution in [3.05, 3.63) is 30.1 Å². The van der Waals surface area contributed by atoms with Crippen LogP contribution in [0.2, 0.25) is 0 Å². The molecule has 25 heavy (non-hydrogen) atoms. The van der Waals surface area contributed by atoms with E-state index in [-0.39, 0.29) is 25.1 Å². The van der Waals surface area contributed by atoms with Crippen molar-refractivity contribution in [3.8, 4) is 0 Å². The number of carbonyl (C=O) groups excluding carboxylic acids is 2. The summed E-state index contributed by atoms with van der Waals surface area (Å²) in [6.07, 6.45) is 4.17. The minimum absolute atomic E-state index is 0.0663. The number of nitrogens with zero attached hydrogens (tertiary/aromatic N) is 3. The van der Waals surface area contributed by atoms with Gasteiger partial charge in [-0.25, -0.2) is 4.98 Å². The molecule has 1 atom stereocenters. The van der Waals surface area contributed by atoms with Gasteiger partial charge in [0.25, 0.3) is 5.91 Å². The number of rotatable bonds is 5. The van der Waals surface area contributed by atoms with E-state index in [9.17, 15) is 9.59 Å². The number of carbonyl (C=O) groups is 2. The molecule has 1 saturated heterocycles. The standard InChI is InChI=1S/C19H25N3O3/c1-3-15-8-6-7-11-21(15)18(23)13-25-19(24)12-22-14(2)20-16-9-4-5-10-17(16)22/h4-5,9-10,15H,3,6-8,11-13H2,1-2H3. The number of ether oxygens (including phenoxy) is 1. The Morgan fingerprint density at radius 1 is 1.28 bits per heavy atom. The largest absolute Gasteiger partial charge is 0.454 e. The summed E-state index contributed by atoms with van der Waals surface area (Å²) in [5.41, 5.74) is 1.74. The third-order valence-electron chi connectivity index (χ3n) is 4.91. The van der Waals surface area contributed by atoms with Crippen LogP contribution in [0.3, 0.4) is 0 Å². The first kappa shape index (κ1) is 17.5. The minimum Gasteiger partial charge on any atom is -0.454 e. The monoisotopic (exact) mass is 343 g/mol. The van der Waals surface area contributed by atoms with Crippen LogP contribution in [0.4, 0.5) is 0 Å². The highest BCUT2D eigenvalue weighted by Gasteiger charge is 2.26. The molecule has 1 aromatic heterocycles. The van der Waals surface area contributed by atoms with Crippen molar-refractivity contribution in [1.29, 1.82) is 0 Å². The molecular weight excluding hydrogens is 318 g/mol. The van der Waals surface area contributed by atoms with E-state index in [1.54, 1.807) is 0 Å². The van der Waals surface area contributed by atoms with E-state index < -0.39 is 5.97 Å². The highest BCUT2D eigenvalue weighted by molar-refractivity contribution is 5.82. The van der Waals surface area contributed by atoms with Crippen LogP contribution in [0.1, 0.15) is 38.4 Å². The average Bonchev–Trinajstić information content (AvgIpc) is 2.95. The molecule has 0 spiro atoms. The molecule has 6 heteroatoms. The fraction of sp³-hybridized carbons (Fsp3) is 0.526. The maximum atomic E-state index is 12.4. The summed E-state index contributed by atoms with van der Waals surface area (Å²) in [6.45, 7) is 4.60. The van der Waals surface area contributed by atoms with Crippen LogP contribution in [0.15, 0.2) is 24.3 Å². The van der Waals surface area contributed by atoms with Crippen LogP contribution in [-0.2, 0) is 20.9 Å². The summed E-state index contributed by atoms with van der Waals surface area (Å²) >= 11 is 0. The van der Waals surface area contributed by atoms with Gasteiger partial charge in [-0.3, -0.25) is 9.59 Å². The second-order valence-electron chi connectivity index (χ2n) is 6.54. The van der Waals surface area contributed by atoms with E-state index in [0.29, 0.717) is 0 Å². The van der Waals surface area contributed by atoms with Crippen LogP contribution in [0.25, 0.3) is 11.0 Å². The third kappa shape index (κ3) is 3.83. The lowest BCUT2D eigenvalue weighted by atomic mass is 10.00. The van der Waals surface area contributed by atoms with Crippen LogP contribution >= 0.6 is 0 Å². The number of fused-ring (bicyclic) bond motifs is 1. The summed E-state index contributed by atoms with van der Waals surface area (Å²) in [5.74, 6) is 0.253. The summed E-state index contributed by atoms with van der Waals surface area (Å²) in [6, 6.07) is 7.94. The molecule has 1 fully saturated rings. The first-order valence-corrected chi connectivity index (χ1v) is 8.97. The maximum Gasteiger partial charge on any atom is 0.326 e. The Morgan fingerprint density at radius 2 is 2.08 bits per heavy atom. The topological polar surface area (TPSA) is 64.4 Å². The molecule has 0 bridgehead atoms. The predicted molar refractivity (Wildman–Crippen MR) is 95.1 cm³/mol. The summed E-state index contributed by atoms with van der Waals surface area (Å²) in [5, 5.41) is 0. The van der Waals surface area contributed by atoms with Gasteiger partial charge in [-0.2, -0.15) is 0 Å². The molecule has 0 saturated carbocycles. The lowest BCUT2D eigenvalue weighted by Crippen LogP contribution is -2.45. The third-order valence-corrected chi connectivity index (χ3v) is 4.91. The number of hydrogen-bond donors (Lipinski definition) is 0. The lowest BCUT2D eigenvalue weighted by Gasteiger charge is -2.35. The number of aromatic nitrogens is 2. The van der Waals surface area contributed by atoms with E-state index in [4.69, 9.17) is 4.74 Å². The molecule has 1 aromatic carbocycles. The van der Waals surface area contributed by atoms with Gasteiger partial charge in [-0.15, -0.1) is 0 Å². The van der Waals surface area contributed by atoms with E-state index in [2.05, 4.69) is 11.9 Å². The van der Waals surface area contributed by atoms with Crippen LogP contribution in [-0.4, -0.2) is 45.5 Å². The molecule has 0 N–H and O–H groups in total. The second-order valence-corrected chi connectivity index (χ2v) is 6.54. The number of hydrogen-bond acceptors (Lipinski definition) is 4. The van der Waals surface area contributed by atoms with Gasteiger partial charge in [0.15, 0.2) is 6.61 Å². The SMILES string of the molecule is CCC1CCCCN1C(=O)COC(=O)Cn1c(C)nc2ccccc21. The number of esters is 1. The predicted octanol–water partition coefficient (Wildman–Crippen LogP) is 2.68. The molecule has 1 amide bonds. The van der Waals surface area contributed by atoms with Gasteiger partial charge in [-0.05, 0) is 44.7 Å². The normalized spacial score (nSPS) is 17.7. The molecule has 2 aromatic rings. The van der Waals surface area contributed by atoms with Gasteiger partial charge in [0.1, 0.15) is 12.4 Å². The molecule has 2 heterocycles. The van der Waals surface area contributed by atoms with Gasteiger partial charge in [0, 0.05) is 12.6 Å². The van der Waals surface area contributed by atoms with E-state index in [1.807, 2.05) is 40.7 Å². The summed E-state index contributed by atoms with van der Waals surface area (Å²) in [7, 11) is 0. The van der Waals surface area contributed by atoms with Crippen molar-refractivity contribution >= 4 is 22.9 Å². The molecule has 1 aliphatic rings. The van der Waals surface area contributed by atoms with Crippen molar-refractivity contribution < 1.29 is 14.3 Å². The quantitative estimate of drug-likeness (QED) is 0.783. The Balaban J connectivity index is 1.59. The van der Waals surface area contributed by atoms with E-state index >= 15 is 0 Å². The zero-order valence-electron chi connectivity index (χ0n) is 14.9. The first-order chi connectivity index (χ1) is 12.1. The van der Waals surface area contributed by atoms with E-state index in [1.165, 1.54) is 0 Å². The molecule has 134 valence electrons. The van der Waals surface area contributed by atoms with Crippen molar-refractivity contribution in [2.24, 2.45) is 0 Å². The Kier molecular flexibility index (Phi) is 5.36. The van der Waals surface area contributed by atoms with Gasteiger partial charge in [0.05, 0.1) is 11.0 Å². The van der Waals surface area contributed by atoms with Gasteiger partial charge in [0.2, 0.25) is 0 Å². The molecule has 1 aliphatic heterocycles. The number of likely N-dealkylation sites (tertiary alicyclic amines) is 1. The van der Waals surface area contributed by atoms with Crippen molar-refractivity contribution in [2.75, 3.05) is 13.2 Å². The molecular formula is C19H25N3O3. The number of para-hydroxylation sites is 2. The minimum atomic E-state index is -0.412. The van der Waals surface area contributed by atoms with Gasteiger partial charge >= 0.3 is 5.97 Å². The molecule has 0 radical (unpaired) electrons. The molecule has 3 rings (SSSR count). The molecule has 0 aliphatic carbocycles. The Bertz CT molecular complexity index is 768. The zero-order chi connectivity index (χ0) is 17.8. The fourth-order valence-corrected chi connectivity index (χ4v) is 3.55. The zero-order valence-corrected chi connectivity index (χ0v) is 14.9. The van der Waals surface area contributed by atoms with Gasteiger partial charge < -0.3 is 14.2 Å². The van der Waals surface area contributed by atoms with Crippen molar-refractivity contribution in [1.82, 2.24) is 14.5 Å². The van der Waals surface area contributed by atoms with Crippen molar-refractivity contribution in [3.63, 3.8) is 0 Å². The highest BCUT2D eigenvalue weighted by atomic mass is 16.5. The lowest BCUT2D eigenvalue weighted by molar-refractivity contribution is -0.154. The summed E-state index contributed by atoms with van der Waals surface area (Å²) in [4.78, 5) is 30.9. The van der Waals surface area contributed by atoms with E-state index in [0.717, 1.165) is 49.1 Å². The van der Waals surface area contributed by atoms with Crippen molar-refractivity contribution in [2.45, 2.75) is 52.1 Å². The highest BCUT2D eigenvalue weighted by Crippen LogP contribution is 2.19. The van der Waals surface area contributed by atoms with Gasteiger partial charge in [-0.1, -0.05) is 19.1 Å².